The van der Waals surface area contributed by atoms with E-state index in [2.05, 4.69) is 4.90 Å². The molecule has 2 atom stereocenters. The fraction of sp³-hybridized carbons (Fsp3) is 0.478. The van der Waals surface area contributed by atoms with Crippen molar-refractivity contribution >= 4 is 21.6 Å². The molecule has 0 spiro atoms. The second-order valence-electron chi connectivity index (χ2n) is 8.05. The summed E-state index contributed by atoms with van der Waals surface area (Å²) in [5.41, 5.74) is 2.03. The number of halogens is 1. The summed E-state index contributed by atoms with van der Waals surface area (Å²) < 4.78 is 33.3. The van der Waals surface area contributed by atoms with Crippen LogP contribution in [0.1, 0.15) is 30.6 Å². The van der Waals surface area contributed by atoms with Crippen molar-refractivity contribution in [2.45, 2.75) is 37.4 Å². The van der Waals surface area contributed by atoms with Gasteiger partial charge in [0.25, 0.3) is 0 Å². The number of benzene rings is 2. The maximum absolute atomic E-state index is 12.9. The van der Waals surface area contributed by atoms with Crippen LogP contribution in [-0.4, -0.2) is 68.2 Å². The monoisotopic (exact) mass is 466 g/mol. The van der Waals surface area contributed by atoms with Crippen molar-refractivity contribution < 1.29 is 18.3 Å². The van der Waals surface area contributed by atoms with Gasteiger partial charge in [-0.25, -0.2) is 8.42 Å². The number of aryl methyl sites for hydroxylation is 1. The van der Waals surface area contributed by atoms with Crippen LogP contribution in [-0.2, 0) is 14.8 Å². The third-order valence-corrected chi connectivity index (χ3v) is 7.72. The van der Waals surface area contributed by atoms with E-state index in [0.29, 0.717) is 36.1 Å². The molecule has 1 saturated heterocycles. The molecular weight excluding hydrogens is 436 g/mol. The zero-order valence-corrected chi connectivity index (χ0v) is 19.6. The van der Waals surface area contributed by atoms with Gasteiger partial charge in [0.1, 0.15) is 0 Å². The predicted molar refractivity (Wildman–Crippen MR) is 123 cm³/mol. The molecule has 2 aromatic rings. The molecule has 1 fully saturated rings. The van der Waals surface area contributed by atoms with Crippen LogP contribution < -0.4 is 0 Å². The van der Waals surface area contributed by atoms with Gasteiger partial charge in [0.2, 0.25) is 10.0 Å². The third kappa shape index (κ3) is 6.75. The Kier molecular flexibility index (Phi) is 8.50. The van der Waals surface area contributed by atoms with Crippen molar-refractivity contribution in [3.8, 4) is 0 Å². The number of rotatable bonds is 8. The molecule has 2 aromatic carbocycles. The number of sulfonamides is 1. The Labute approximate surface area is 190 Å². The van der Waals surface area contributed by atoms with E-state index in [4.69, 9.17) is 16.3 Å². The quantitative estimate of drug-likeness (QED) is 0.645. The van der Waals surface area contributed by atoms with Crippen molar-refractivity contribution in [3.63, 3.8) is 0 Å². The molecule has 1 heterocycles. The molecule has 0 amide bonds. The lowest BCUT2D eigenvalue weighted by Gasteiger charge is -2.24. The maximum atomic E-state index is 12.9. The van der Waals surface area contributed by atoms with Gasteiger partial charge in [0.05, 0.1) is 23.7 Å². The van der Waals surface area contributed by atoms with Gasteiger partial charge in [0, 0.05) is 31.2 Å². The minimum absolute atomic E-state index is 0.147. The Morgan fingerprint density at radius 1 is 1.03 bits per heavy atom. The second kappa shape index (κ2) is 10.9. The average Bonchev–Trinajstić information content (AvgIpc) is 2.99. The number of aliphatic hydroxyl groups excluding tert-OH is 1. The van der Waals surface area contributed by atoms with Gasteiger partial charge >= 0.3 is 0 Å². The van der Waals surface area contributed by atoms with E-state index < -0.39 is 16.1 Å². The van der Waals surface area contributed by atoms with Crippen LogP contribution >= 0.6 is 11.6 Å². The molecule has 1 aliphatic heterocycles. The SMILES string of the molecule is Cc1ccc(S(=O)(=O)N2CCCN(C[C@@H](O)CO[C@@H](C)c3ccc(Cl)cc3)CC2)cc1. The van der Waals surface area contributed by atoms with Crippen LogP contribution in [0.3, 0.4) is 0 Å². The molecule has 31 heavy (non-hydrogen) atoms. The Hall–Kier alpha value is -1.48. The highest BCUT2D eigenvalue weighted by Crippen LogP contribution is 2.20. The number of β-amino-alcohol motifs (C(OH)–C–C–N with tert-alkyl or cyclic N) is 1. The Bertz CT molecular complexity index is 935. The van der Waals surface area contributed by atoms with Crippen LogP contribution in [0.2, 0.25) is 5.02 Å². The van der Waals surface area contributed by atoms with Gasteiger partial charge < -0.3 is 9.84 Å². The molecule has 0 radical (unpaired) electrons. The summed E-state index contributed by atoms with van der Waals surface area (Å²) in [6, 6.07) is 14.4. The van der Waals surface area contributed by atoms with Crippen LogP contribution in [0, 0.1) is 6.92 Å². The number of hydrogen-bond donors (Lipinski definition) is 1. The Morgan fingerprint density at radius 3 is 2.39 bits per heavy atom. The molecule has 0 unspecified atom stereocenters. The minimum Gasteiger partial charge on any atom is -0.389 e. The van der Waals surface area contributed by atoms with E-state index >= 15 is 0 Å². The van der Waals surface area contributed by atoms with Crippen molar-refractivity contribution in [1.82, 2.24) is 9.21 Å². The molecule has 6 nitrogen and oxygen atoms in total. The van der Waals surface area contributed by atoms with Gasteiger partial charge in [0.15, 0.2) is 0 Å². The van der Waals surface area contributed by atoms with E-state index in [0.717, 1.165) is 24.1 Å². The lowest BCUT2D eigenvalue weighted by Crippen LogP contribution is -2.39. The molecule has 3 rings (SSSR count). The third-order valence-electron chi connectivity index (χ3n) is 5.55. The topological polar surface area (TPSA) is 70.1 Å². The van der Waals surface area contributed by atoms with Crippen LogP contribution in [0.15, 0.2) is 53.4 Å². The second-order valence-corrected chi connectivity index (χ2v) is 10.4. The number of ether oxygens (including phenoxy) is 1. The highest BCUT2D eigenvalue weighted by molar-refractivity contribution is 7.89. The molecule has 0 bridgehead atoms. The summed E-state index contributed by atoms with van der Waals surface area (Å²) in [5, 5.41) is 11.1. The molecule has 0 aliphatic carbocycles. The lowest BCUT2D eigenvalue weighted by molar-refractivity contribution is -0.0151. The lowest BCUT2D eigenvalue weighted by atomic mass is 10.1. The normalized spacial score (nSPS) is 18.5. The van der Waals surface area contributed by atoms with Crippen molar-refractivity contribution in [2.24, 2.45) is 0 Å². The van der Waals surface area contributed by atoms with E-state index in [1.165, 1.54) is 0 Å². The molecule has 170 valence electrons. The maximum Gasteiger partial charge on any atom is 0.243 e. The highest BCUT2D eigenvalue weighted by atomic mass is 35.5. The van der Waals surface area contributed by atoms with Crippen LogP contribution in [0.4, 0.5) is 0 Å². The standard InChI is InChI=1S/C23H31ClN2O4S/c1-18-4-10-23(11-5-18)31(28,29)26-13-3-12-25(14-15-26)16-22(27)17-30-19(2)20-6-8-21(24)9-7-20/h4-11,19,22,27H,3,12-17H2,1-2H3/t19-,22+/m0/s1. The molecule has 1 aliphatic rings. The zero-order valence-electron chi connectivity index (χ0n) is 18.1. The van der Waals surface area contributed by atoms with Gasteiger partial charge in [-0.05, 0) is 56.6 Å². The van der Waals surface area contributed by atoms with Crippen LogP contribution in [0.25, 0.3) is 0 Å². The smallest absolute Gasteiger partial charge is 0.243 e. The average molecular weight is 467 g/mol. The fourth-order valence-electron chi connectivity index (χ4n) is 3.67. The van der Waals surface area contributed by atoms with Crippen molar-refractivity contribution in [2.75, 3.05) is 39.3 Å². The first-order valence-electron chi connectivity index (χ1n) is 10.6. The van der Waals surface area contributed by atoms with E-state index in [1.807, 2.05) is 50.2 Å². The number of hydrogen-bond acceptors (Lipinski definition) is 5. The van der Waals surface area contributed by atoms with E-state index in [1.54, 1.807) is 16.4 Å². The van der Waals surface area contributed by atoms with Crippen LogP contribution in [0.5, 0.6) is 0 Å². The van der Waals surface area contributed by atoms with E-state index in [-0.39, 0.29) is 12.7 Å². The summed E-state index contributed by atoms with van der Waals surface area (Å²) in [7, 11) is -3.50. The summed E-state index contributed by atoms with van der Waals surface area (Å²) in [6.07, 6.45) is -0.0685. The first-order valence-corrected chi connectivity index (χ1v) is 12.4. The number of nitrogens with zero attached hydrogens (tertiary/aromatic N) is 2. The minimum atomic E-state index is -3.50. The summed E-state index contributed by atoms with van der Waals surface area (Å²) in [5.74, 6) is 0. The summed E-state index contributed by atoms with van der Waals surface area (Å²) >= 11 is 5.92. The molecule has 0 saturated carbocycles. The van der Waals surface area contributed by atoms with Crippen molar-refractivity contribution in [3.05, 3.63) is 64.7 Å². The zero-order chi connectivity index (χ0) is 22.4. The van der Waals surface area contributed by atoms with Gasteiger partial charge in [-0.15, -0.1) is 0 Å². The molecule has 0 aromatic heterocycles. The first kappa shape index (κ1) is 24.2. The molecule has 8 heteroatoms. The number of aliphatic hydroxyl groups is 1. The Morgan fingerprint density at radius 2 is 1.71 bits per heavy atom. The van der Waals surface area contributed by atoms with Gasteiger partial charge in [-0.2, -0.15) is 4.31 Å². The largest absolute Gasteiger partial charge is 0.389 e. The summed E-state index contributed by atoms with van der Waals surface area (Å²) in [6.45, 7) is 6.75. The highest BCUT2D eigenvalue weighted by Gasteiger charge is 2.27. The molecular formula is C23H31ClN2O4S. The Balaban J connectivity index is 1.49. The predicted octanol–water partition coefficient (Wildman–Crippen LogP) is 3.48. The van der Waals surface area contributed by atoms with Gasteiger partial charge in [-0.3, -0.25) is 4.90 Å². The first-order chi connectivity index (χ1) is 14.8. The van der Waals surface area contributed by atoms with E-state index in [9.17, 15) is 13.5 Å². The molecule has 1 N–H and O–H groups in total. The van der Waals surface area contributed by atoms with Gasteiger partial charge in [-0.1, -0.05) is 41.4 Å². The fourth-order valence-corrected chi connectivity index (χ4v) is 5.26. The summed E-state index contributed by atoms with van der Waals surface area (Å²) in [4.78, 5) is 2.43. The van der Waals surface area contributed by atoms with Crippen molar-refractivity contribution in [1.29, 1.82) is 0 Å².